The highest BCUT2D eigenvalue weighted by atomic mass is 16.3. The molecule has 0 amide bonds. The molecule has 2 nitrogen and oxygen atoms in total. The maximum absolute atomic E-state index is 9.91. The number of aliphatic hydroxyl groups is 2. The fourth-order valence-electron chi connectivity index (χ4n) is 2.45. The van der Waals surface area contributed by atoms with E-state index in [0.717, 1.165) is 19.3 Å². The van der Waals surface area contributed by atoms with Gasteiger partial charge in [0.1, 0.15) is 0 Å². The van der Waals surface area contributed by atoms with Crippen molar-refractivity contribution in [1.29, 1.82) is 0 Å². The van der Waals surface area contributed by atoms with Crippen LogP contribution in [0.2, 0.25) is 0 Å². The molecule has 0 aromatic carbocycles. The smallest absolute Gasteiger partial charge is 0.0623 e. The molecule has 1 aliphatic carbocycles. The van der Waals surface area contributed by atoms with Crippen LogP contribution in [0.25, 0.3) is 0 Å². The Morgan fingerprint density at radius 2 is 2.23 bits per heavy atom. The number of rotatable bonds is 3. The summed E-state index contributed by atoms with van der Waals surface area (Å²) in [6, 6.07) is 0. The second-order valence-corrected chi connectivity index (χ2v) is 4.23. The van der Waals surface area contributed by atoms with E-state index >= 15 is 0 Å². The van der Waals surface area contributed by atoms with Crippen LogP contribution in [0, 0.1) is 11.3 Å². The average Bonchev–Trinajstić information content (AvgIpc) is 2.12. The second kappa shape index (κ2) is 4.25. The Bertz CT molecular complexity index is 167. The number of hydrogen-bond donors (Lipinski definition) is 2. The molecule has 2 heteroatoms. The van der Waals surface area contributed by atoms with Gasteiger partial charge in [-0.25, -0.2) is 0 Å². The summed E-state index contributed by atoms with van der Waals surface area (Å²) >= 11 is 0. The first kappa shape index (κ1) is 10.7. The normalized spacial score (nSPS) is 40.2. The lowest BCUT2D eigenvalue weighted by Crippen LogP contribution is -2.46. The minimum atomic E-state index is -0.362. The summed E-state index contributed by atoms with van der Waals surface area (Å²) in [5, 5.41) is 19.3. The minimum Gasteiger partial charge on any atom is -0.396 e. The summed E-state index contributed by atoms with van der Waals surface area (Å²) in [7, 11) is 0. The van der Waals surface area contributed by atoms with Crippen LogP contribution in [0.5, 0.6) is 0 Å². The van der Waals surface area contributed by atoms with Gasteiger partial charge in [-0.05, 0) is 25.2 Å². The van der Waals surface area contributed by atoms with Gasteiger partial charge < -0.3 is 10.2 Å². The molecule has 0 aromatic heterocycles. The van der Waals surface area contributed by atoms with Crippen molar-refractivity contribution in [1.82, 2.24) is 0 Å². The maximum Gasteiger partial charge on any atom is 0.0623 e. The van der Waals surface area contributed by atoms with E-state index in [1.165, 1.54) is 0 Å². The molecule has 1 fully saturated rings. The summed E-state index contributed by atoms with van der Waals surface area (Å²) in [6.45, 7) is 5.88. The van der Waals surface area contributed by atoms with E-state index in [1.807, 2.05) is 0 Å². The van der Waals surface area contributed by atoms with Crippen molar-refractivity contribution in [2.75, 3.05) is 6.61 Å². The van der Waals surface area contributed by atoms with Gasteiger partial charge >= 0.3 is 0 Å². The first-order valence-corrected chi connectivity index (χ1v) is 5.07. The Morgan fingerprint density at radius 3 is 2.69 bits per heavy atom. The van der Waals surface area contributed by atoms with Crippen LogP contribution in [0.1, 0.15) is 32.6 Å². The molecule has 0 bridgehead atoms. The zero-order chi connectivity index (χ0) is 9.90. The highest BCUT2D eigenvalue weighted by Gasteiger charge is 2.43. The van der Waals surface area contributed by atoms with Crippen LogP contribution in [-0.4, -0.2) is 22.9 Å². The fraction of sp³-hybridized carbons (Fsp3) is 0.818. The first-order valence-electron chi connectivity index (χ1n) is 5.07. The number of hydrogen-bond acceptors (Lipinski definition) is 2. The molecular formula is C11H20O2. The molecule has 3 atom stereocenters. The van der Waals surface area contributed by atoms with Gasteiger partial charge in [0, 0.05) is 5.41 Å². The van der Waals surface area contributed by atoms with Crippen LogP contribution in [0.3, 0.4) is 0 Å². The lowest BCUT2D eigenvalue weighted by molar-refractivity contribution is -0.0792. The molecule has 0 aliphatic heterocycles. The zero-order valence-corrected chi connectivity index (χ0v) is 8.37. The van der Waals surface area contributed by atoms with Gasteiger partial charge in [-0.1, -0.05) is 19.4 Å². The average molecular weight is 184 g/mol. The van der Waals surface area contributed by atoms with Crippen LogP contribution in [-0.2, 0) is 0 Å². The molecule has 0 radical (unpaired) electrons. The Balaban J connectivity index is 2.82. The van der Waals surface area contributed by atoms with Gasteiger partial charge in [0.05, 0.1) is 12.7 Å². The zero-order valence-electron chi connectivity index (χ0n) is 8.37. The van der Waals surface area contributed by atoms with Gasteiger partial charge in [-0.15, -0.1) is 6.58 Å². The van der Waals surface area contributed by atoms with Gasteiger partial charge in [0.2, 0.25) is 0 Å². The summed E-state index contributed by atoms with van der Waals surface area (Å²) in [5.74, 6) is 0.388. The van der Waals surface area contributed by atoms with E-state index in [-0.39, 0.29) is 18.1 Å². The monoisotopic (exact) mass is 184 g/mol. The molecule has 2 N–H and O–H groups in total. The molecule has 13 heavy (non-hydrogen) atoms. The van der Waals surface area contributed by atoms with E-state index in [9.17, 15) is 10.2 Å². The SMILES string of the molecule is C=CCC1(CO)C(C)CCCC1O. The predicted octanol–water partition coefficient (Wildman–Crippen LogP) is 1.72. The van der Waals surface area contributed by atoms with Crippen LogP contribution in [0.15, 0.2) is 12.7 Å². The maximum atomic E-state index is 9.91. The molecule has 1 aliphatic rings. The van der Waals surface area contributed by atoms with Crippen molar-refractivity contribution in [2.45, 2.75) is 38.7 Å². The molecule has 1 saturated carbocycles. The van der Waals surface area contributed by atoms with Gasteiger partial charge in [0.15, 0.2) is 0 Å². The Morgan fingerprint density at radius 1 is 1.54 bits per heavy atom. The first-order chi connectivity index (χ1) is 6.17. The summed E-state index contributed by atoms with van der Waals surface area (Å²) < 4.78 is 0. The largest absolute Gasteiger partial charge is 0.396 e. The lowest BCUT2D eigenvalue weighted by Gasteiger charge is -2.44. The third-order valence-corrected chi connectivity index (χ3v) is 3.58. The van der Waals surface area contributed by atoms with E-state index in [2.05, 4.69) is 13.5 Å². The molecule has 3 unspecified atom stereocenters. The van der Waals surface area contributed by atoms with Crippen molar-refractivity contribution in [3.63, 3.8) is 0 Å². The van der Waals surface area contributed by atoms with Crippen molar-refractivity contribution in [3.8, 4) is 0 Å². The molecule has 76 valence electrons. The van der Waals surface area contributed by atoms with Crippen LogP contribution >= 0.6 is 0 Å². The summed E-state index contributed by atoms with van der Waals surface area (Å²) in [5.41, 5.74) is -0.319. The standard InChI is InChI=1S/C11H20O2/c1-3-7-11(8-12)9(2)5-4-6-10(11)13/h3,9-10,12-13H,1,4-8H2,2H3. The lowest BCUT2D eigenvalue weighted by atomic mass is 9.64. The Kier molecular flexibility index (Phi) is 3.51. The Hall–Kier alpha value is -0.340. The Labute approximate surface area is 80.3 Å². The number of allylic oxidation sites excluding steroid dienone is 1. The third-order valence-electron chi connectivity index (χ3n) is 3.58. The minimum absolute atomic E-state index is 0.0708. The van der Waals surface area contributed by atoms with Crippen LogP contribution in [0.4, 0.5) is 0 Å². The second-order valence-electron chi connectivity index (χ2n) is 4.23. The summed E-state index contributed by atoms with van der Waals surface area (Å²) in [6.07, 6.45) is 5.15. The molecule has 0 saturated heterocycles. The quantitative estimate of drug-likeness (QED) is 0.656. The van der Waals surface area contributed by atoms with Crippen molar-refractivity contribution < 1.29 is 10.2 Å². The van der Waals surface area contributed by atoms with E-state index in [1.54, 1.807) is 6.08 Å². The highest BCUT2D eigenvalue weighted by molar-refractivity contribution is 4.97. The van der Waals surface area contributed by atoms with E-state index < -0.39 is 0 Å². The summed E-state index contributed by atoms with van der Waals surface area (Å²) in [4.78, 5) is 0. The van der Waals surface area contributed by atoms with Crippen LogP contribution < -0.4 is 0 Å². The van der Waals surface area contributed by atoms with Crippen molar-refractivity contribution in [2.24, 2.45) is 11.3 Å². The highest BCUT2D eigenvalue weighted by Crippen LogP contribution is 2.43. The van der Waals surface area contributed by atoms with Crippen molar-refractivity contribution >= 4 is 0 Å². The topological polar surface area (TPSA) is 40.5 Å². The van der Waals surface area contributed by atoms with E-state index in [4.69, 9.17) is 0 Å². The van der Waals surface area contributed by atoms with E-state index in [0.29, 0.717) is 12.3 Å². The van der Waals surface area contributed by atoms with Gasteiger partial charge in [-0.3, -0.25) is 0 Å². The molecular weight excluding hydrogens is 164 g/mol. The predicted molar refractivity (Wildman–Crippen MR) is 53.4 cm³/mol. The van der Waals surface area contributed by atoms with Gasteiger partial charge in [-0.2, -0.15) is 0 Å². The number of aliphatic hydroxyl groups excluding tert-OH is 2. The van der Waals surface area contributed by atoms with Crippen molar-refractivity contribution in [3.05, 3.63) is 12.7 Å². The van der Waals surface area contributed by atoms with Gasteiger partial charge in [0.25, 0.3) is 0 Å². The fourth-order valence-corrected chi connectivity index (χ4v) is 2.45. The third kappa shape index (κ3) is 1.79. The molecule has 0 spiro atoms. The molecule has 0 aromatic rings. The molecule has 0 heterocycles. The molecule has 1 rings (SSSR count).